The quantitative estimate of drug-likeness (QED) is 0.755. The van der Waals surface area contributed by atoms with Crippen molar-refractivity contribution in [2.45, 2.75) is 24.8 Å². The molecule has 138 valence electrons. The Morgan fingerprint density at radius 1 is 1.15 bits per heavy atom. The fourth-order valence-electron chi connectivity index (χ4n) is 2.42. The molecule has 0 heterocycles. The number of hydrogen-bond donors (Lipinski definition) is 1. The van der Waals surface area contributed by atoms with E-state index < -0.39 is 9.84 Å². The molecule has 2 aromatic carbocycles. The van der Waals surface area contributed by atoms with Gasteiger partial charge in [0.15, 0.2) is 9.84 Å². The smallest absolute Gasteiger partial charge is 0.244 e. The minimum absolute atomic E-state index is 0.240. The molecule has 1 atom stereocenters. The summed E-state index contributed by atoms with van der Waals surface area (Å²) in [4.78, 5) is 12.4. The molecular formula is C20H23NO4S. The van der Waals surface area contributed by atoms with E-state index in [0.717, 1.165) is 23.1 Å². The highest BCUT2D eigenvalue weighted by Crippen LogP contribution is 2.20. The van der Waals surface area contributed by atoms with Gasteiger partial charge in [0.05, 0.1) is 17.5 Å². The Hall–Kier alpha value is -2.60. The third kappa shape index (κ3) is 5.46. The van der Waals surface area contributed by atoms with E-state index in [-0.39, 0.29) is 16.8 Å². The van der Waals surface area contributed by atoms with Gasteiger partial charge in [-0.2, -0.15) is 0 Å². The predicted molar refractivity (Wildman–Crippen MR) is 103 cm³/mol. The van der Waals surface area contributed by atoms with E-state index in [9.17, 15) is 13.2 Å². The molecule has 0 aliphatic rings. The van der Waals surface area contributed by atoms with Crippen molar-refractivity contribution in [2.75, 3.05) is 12.9 Å². The molecule has 0 saturated heterocycles. The summed E-state index contributed by atoms with van der Waals surface area (Å²) in [5.74, 6) is 0.486. The van der Waals surface area contributed by atoms with Crippen LogP contribution < -0.4 is 10.1 Å². The maximum atomic E-state index is 12.2. The van der Waals surface area contributed by atoms with Crippen molar-refractivity contribution in [1.82, 2.24) is 5.32 Å². The predicted octanol–water partition coefficient (Wildman–Crippen LogP) is 3.38. The number of nitrogens with one attached hydrogen (secondary N) is 1. The highest BCUT2D eigenvalue weighted by Gasteiger charge is 2.11. The lowest BCUT2D eigenvalue weighted by molar-refractivity contribution is -0.117. The van der Waals surface area contributed by atoms with Gasteiger partial charge >= 0.3 is 0 Å². The fourth-order valence-corrected chi connectivity index (χ4v) is 3.05. The molecule has 6 heteroatoms. The lowest BCUT2D eigenvalue weighted by atomic mass is 10.1. The van der Waals surface area contributed by atoms with Crippen LogP contribution in [0.25, 0.3) is 6.08 Å². The normalized spacial score (nSPS) is 12.7. The zero-order valence-corrected chi connectivity index (χ0v) is 15.9. The summed E-state index contributed by atoms with van der Waals surface area (Å²) >= 11 is 0. The van der Waals surface area contributed by atoms with Crippen LogP contribution in [0.3, 0.4) is 0 Å². The third-order valence-corrected chi connectivity index (χ3v) is 4.93. The van der Waals surface area contributed by atoms with Crippen molar-refractivity contribution < 1.29 is 17.9 Å². The van der Waals surface area contributed by atoms with Gasteiger partial charge in [-0.1, -0.05) is 30.3 Å². The van der Waals surface area contributed by atoms with Gasteiger partial charge in [0, 0.05) is 17.9 Å². The minimum Gasteiger partial charge on any atom is -0.493 e. The molecule has 26 heavy (non-hydrogen) atoms. The molecule has 0 aromatic heterocycles. The molecule has 1 amide bonds. The molecule has 0 saturated carbocycles. The number of carbonyl (C=O) groups is 1. The lowest BCUT2D eigenvalue weighted by Crippen LogP contribution is -2.24. The second-order valence-corrected chi connectivity index (χ2v) is 7.89. The Labute approximate surface area is 154 Å². The molecule has 0 aliphatic carbocycles. The molecule has 2 rings (SSSR count). The Morgan fingerprint density at radius 2 is 1.81 bits per heavy atom. The van der Waals surface area contributed by atoms with E-state index in [1.54, 1.807) is 30.3 Å². The second kappa shape index (κ2) is 8.67. The number of benzene rings is 2. The van der Waals surface area contributed by atoms with Crippen molar-refractivity contribution in [1.29, 1.82) is 0 Å². The van der Waals surface area contributed by atoms with Crippen molar-refractivity contribution >= 4 is 21.8 Å². The maximum Gasteiger partial charge on any atom is 0.244 e. The van der Waals surface area contributed by atoms with Crippen LogP contribution in [-0.4, -0.2) is 27.2 Å². The van der Waals surface area contributed by atoms with E-state index in [2.05, 4.69) is 5.32 Å². The maximum absolute atomic E-state index is 12.2. The highest BCUT2D eigenvalue weighted by molar-refractivity contribution is 7.90. The van der Waals surface area contributed by atoms with Crippen molar-refractivity contribution in [3.05, 3.63) is 65.7 Å². The van der Waals surface area contributed by atoms with Crippen LogP contribution in [0.2, 0.25) is 0 Å². The highest BCUT2D eigenvalue weighted by atomic mass is 32.2. The fraction of sp³-hybridized carbons (Fsp3) is 0.250. The molecule has 1 unspecified atom stereocenters. The van der Waals surface area contributed by atoms with Gasteiger partial charge in [-0.25, -0.2) is 8.42 Å². The topological polar surface area (TPSA) is 72.5 Å². The molecule has 5 nitrogen and oxygen atoms in total. The molecule has 0 aliphatic heterocycles. The molecular weight excluding hydrogens is 350 g/mol. The van der Waals surface area contributed by atoms with Gasteiger partial charge in [-0.05, 0) is 43.7 Å². The van der Waals surface area contributed by atoms with E-state index >= 15 is 0 Å². The van der Waals surface area contributed by atoms with Gasteiger partial charge in [0.1, 0.15) is 5.75 Å². The van der Waals surface area contributed by atoms with Crippen LogP contribution in [0.1, 0.15) is 31.0 Å². The average molecular weight is 373 g/mol. The van der Waals surface area contributed by atoms with Gasteiger partial charge in [-0.15, -0.1) is 0 Å². The van der Waals surface area contributed by atoms with E-state index in [0.29, 0.717) is 6.61 Å². The second-order valence-electron chi connectivity index (χ2n) is 5.88. The Bertz CT molecular complexity index is 886. The number of sulfone groups is 1. The van der Waals surface area contributed by atoms with Gasteiger partial charge in [0.25, 0.3) is 0 Å². The molecule has 2 aromatic rings. The number of rotatable bonds is 7. The van der Waals surface area contributed by atoms with E-state index in [4.69, 9.17) is 4.74 Å². The number of carbonyl (C=O) groups excluding carboxylic acids is 1. The van der Waals surface area contributed by atoms with Crippen LogP contribution in [0, 0.1) is 0 Å². The number of amides is 1. The summed E-state index contributed by atoms with van der Waals surface area (Å²) in [6.07, 6.45) is 4.33. The third-order valence-electron chi connectivity index (χ3n) is 3.80. The first-order valence-corrected chi connectivity index (χ1v) is 10.2. The summed E-state index contributed by atoms with van der Waals surface area (Å²) in [6, 6.07) is 13.7. The number of hydrogen-bond acceptors (Lipinski definition) is 4. The van der Waals surface area contributed by atoms with Crippen LogP contribution in [0.4, 0.5) is 0 Å². The summed E-state index contributed by atoms with van der Waals surface area (Å²) in [5, 5.41) is 2.86. The monoisotopic (exact) mass is 373 g/mol. The summed E-state index contributed by atoms with van der Waals surface area (Å²) < 4.78 is 28.5. The molecule has 0 spiro atoms. The SMILES string of the molecule is CCOc1ccccc1/C=C/C(=O)NC(C)c1ccc(S(C)(=O)=O)cc1. The Morgan fingerprint density at radius 3 is 2.42 bits per heavy atom. The van der Waals surface area contributed by atoms with Crippen LogP contribution in [0.15, 0.2) is 59.5 Å². The summed E-state index contributed by atoms with van der Waals surface area (Å²) in [5.41, 5.74) is 1.66. The van der Waals surface area contributed by atoms with Gasteiger partial charge < -0.3 is 10.1 Å². The van der Waals surface area contributed by atoms with E-state index in [1.807, 2.05) is 38.1 Å². The van der Waals surface area contributed by atoms with Gasteiger partial charge in [0.2, 0.25) is 5.91 Å². The zero-order valence-electron chi connectivity index (χ0n) is 15.1. The van der Waals surface area contributed by atoms with Crippen LogP contribution in [0.5, 0.6) is 5.75 Å². The number of para-hydroxylation sites is 1. The van der Waals surface area contributed by atoms with Gasteiger partial charge in [-0.3, -0.25) is 4.79 Å². The molecule has 0 bridgehead atoms. The summed E-state index contributed by atoms with van der Waals surface area (Å²) in [7, 11) is -3.23. The Balaban J connectivity index is 2.03. The van der Waals surface area contributed by atoms with Crippen molar-refractivity contribution in [3.63, 3.8) is 0 Å². The van der Waals surface area contributed by atoms with Crippen LogP contribution >= 0.6 is 0 Å². The van der Waals surface area contributed by atoms with Crippen molar-refractivity contribution in [2.24, 2.45) is 0 Å². The minimum atomic E-state index is -3.23. The molecule has 0 fully saturated rings. The first kappa shape index (κ1) is 19.7. The largest absolute Gasteiger partial charge is 0.493 e. The first-order valence-electron chi connectivity index (χ1n) is 8.31. The zero-order chi connectivity index (χ0) is 19.2. The van der Waals surface area contributed by atoms with Crippen molar-refractivity contribution in [3.8, 4) is 5.75 Å². The average Bonchev–Trinajstić information content (AvgIpc) is 2.60. The lowest BCUT2D eigenvalue weighted by Gasteiger charge is -2.13. The molecule has 0 radical (unpaired) electrons. The first-order chi connectivity index (χ1) is 12.3. The standard InChI is InChI=1S/C20H23NO4S/c1-4-25-19-8-6-5-7-17(19)11-14-20(22)21-15(2)16-9-12-18(13-10-16)26(3,23)24/h5-15H,4H2,1-3H3,(H,21,22)/b14-11+. The summed E-state index contributed by atoms with van der Waals surface area (Å²) in [6.45, 7) is 4.30. The van der Waals surface area contributed by atoms with E-state index in [1.165, 1.54) is 6.08 Å². The number of ether oxygens (including phenoxy) is 1. The van der Waals surface area contributed by atoms with Crippen LogP contribution in [-0.2, 0) is 14.6 Å². The Kier molecular flexibility index (Phi) is 6.58. The molecule has 1 N–H and O–H groups in total.